The van der Waals surface area contributed by atoms with Crippen molar-refractivity contribution in [2.75, 3.05) is 24.6 Å². The number of sulfone groups is 1. The number of sulfonamides is 1. The maximum absolute atomic E-state index is 12.5. The Morgan fingerprint density at radius 1 is 1.33 bits per heavy atom. The molecule has 1 aliphatic heterocycles. The fourth-order valence-corrected chi connectivity index (χ4v) is 6.07. The molecule has 6 nitrogen and oxygen atoms in total. The molecule has 0 radical (unpaired) electrons. The molecule has 0 unspecified atom stereocenters. The van der Waals surface area contributed by atoms with E-state index >= 15 is 0 Å². The first-order valence-corrected chi connectivity index (χ1v) is 10.9. The average molecular weight is 353 g/mol. The minimum atomic E-state index is -3.58. The highest BCUT2D eigenvalue weighted by Crippen LogP contribution is 2.24. The molecule has 0 aliphatic carbocycles. The van der Waals surface area contributed by atoms with Crippen LogP contribution >= 0.6 is 11.3 Å². The number of thiophene rings is 1. The second kappa shape index (κ2) is 6.33. The third kappa shape index (κ3) is 4.26. The van der Waals surface area contributed by atoms with Crippen molar-refractivity contribution in [1.29, 1.82) is 0 Å². The Kier molecular flexibility index (Phi) is 5.09. The minimum absolute atomic E-state index is 0.0418. The van der Waals surface area contributed by atoms with Gasteiger partial charge in [0, 0.05) is 35.9 Å². The van der Waals surface area contributed by atoms with Crippen LogP contribution in [0, 0.1) is 0 Å². The fraction of sp³-hybridized carbons (Fsp3) is 0.667. The third-order valence-corrected chi connectivity index (χ3v) is 7.83. The lowest BCUT2D eigenvalue weighted by molar-refractivity contribution is 0.431. The van der Waals surface area contributed by atoms with Crippen LogP contribution in [-0.4, -0.2) is 51.8 Å². The molecule has 1 aromatic rings. The van der Waals surface area contributed by atoms with Crippen LogP contribution in [0.25, 0.3) is 0 Å². The number of hydrogen-bond donors (Lipinski definition) is 1. The van der Waals surface area contributed by atoms with E-state index in [1.807, 2.05) is 13.8 Å². The van der Waals surface area contributed by atoms with Gasteiger partial charge >= 0.3 is 0 Å². The van der Waals surface area contributed by atoms with Crippen molar-refractivity contribution in [1.82, 2.24) is 9.62 Å². The van der Waals surface area contributed by atoms with Crippen LogP contribution in [0.1, 0.15) is 18.7 Å². The number of hydrogen-bond acceptors (Lipinski definition) is 6. The molecule has 0 bridgehead atoms. The third-order valence-electron chi connectivity index (χ3n) is 3.26. The summed E-state index contributed by atoms with van der Waals surface area (Å²) in [5.74, 6) is -0.198. The van der Waals surface area contributed by atoms with E-state index < -0.39 is 19.9 Å². The SMILES string of the molecule is CC(C)NCc1cc(S(=O)(=O)N2CCS(=O)(=O)CC2)cs1. The van der Waals surface area contributed by atoms with Gasteiger partial charge in [0.1, 0.15) is 0 Å². The highest BCUT2D eigenvalue weighted by atomic mass is 32.2. The lowest BCUT2D eigenvalue weighted by Gasteiger charge is -2.25. The molecule has 120 valence electrons. The van der Waals surface area contributed by atoms with Gasteiger partial charge < -0.3 is 5.32 Å². The summed E-state index contributed by atoms with van der Waals surface area (Å²) in [5.41, 5.74) is 0. The van der Waals surface area contributed by atoms with Gasteiger partial charge in [-0.2, -0.15) is 4.31 Å². The summed E-state index contributed by atoms with van der Waals surface area (Å²) in [6.45, 7) is 4.77. The summed E-state index contributed by atoms with van der Waals surface area (Å²) >= 11 is 1.40. The smallest absolute Gasteiger partial charge is 0.243 e. The summed E-state index contributed by atoms with van der Waals surface area (Å²) < 4.78 is 49.0. The van der Waals surface area contributed by atoms with E-state index in [9.17, 15) is 16.8 Å². The van der Waals surface area contributed by atoms with Gasteiger partial charge in [-0.25, -0.2) is 16.8 Å². The van der Waals surface area contributed by atoms with Crippen LogP contribution in [-0.2, 0) is 26.4 Å². The van der Waals surface area contributed by atoms with E-state index in [1.54, 1.807) is 11.4 Å². The van der Waals surface area contributed by atoms with E-state index in [-0.39, 0.29) is 29.5 Å². The molecule has 0 saturated carbocycles. The molecule has 9 heteroatoms. The summed E-state index contributed by atoms with van der Waals surface area (Å²) in [6, 6.07) is 2.00. The molecule has 0 aromatic carbocycles. The van der Waals surface area contributed by atoms with Crippen LogP contribution in [0.3, 0.4) is 0 Å². The normalized spacial score (nSPS) is 20.0. The Labute approximate surface area is 130 Å². The van der Waals surface area contributed by atoms with Gasteiger partial charge in [0.2, 0.25) is 10.0 Å². The van der Waals surface area contributed by atoms with Crippen LogP contribution < -0.4 is 5.32 Å². The lowest BCUT2D eigenvalue weighted by Crippen LogP contribution is -2.43. The van der Waals surface area contributed by atoms with Gasteiger partial charge in [0.15, 0.2) is 9.84 Å². The maximum Gasteiger partial charge on any atom is 0.243 e. The zero-order valence-electron chi connectivity index (χ0n) is 12.1. The number of rotatable bonds is 5. The summed E-state index contributed by atoms with van der Waals surface area (Å²) in [5, 5.41) is 4.86. The summed E-state index contributed by atoms with van der Waals surface area (Å²) in [6.07, 6.45) is 0. The molecular weight excluding hydrogens is 332 g/mol. The Morgan fingerprint density at radius 3 is 2.52 bits per heavy atom. The second-order valence-corrected chi connectivity index (χ2v) is 10.6. The van der Waals surface area contributed by atoms with Crippen molar-refractivity contribution in [2.24, 2.45) is 0 Å². The zero-order valence-corrected chi connectivity index (χ0v) is 14.5. The van der Waals surface area contributed by atoms with Crippen LogP contribution in [0.15, 0.2) is 16.3 Å². The minimum Gasteiger partial charge on any atom is -0.310 e. The van der Waals surface area contributed by atoms with E-state index in [2.05, 4.69) is 5.32 Å². The highest BCUT2D eigenvalue weighted by molar-refractivity contribution is 7.92. The highest BCUT2D eigenvalue weighted by Gasteiger charge is 2.31. The van der Waals surface area contributed by atoms with Gasteiger partial charge in [-0.15, -0.1) is 11.3 Å². The molecule has 1 aliphatic rings. The van der Waals surface area contributed by atoms with Crippen LogP contribution in [0.2, 0.25) is 0 Å². The molecular formula is C12H20N2O4S3. The van der Waals surface area contributed by atoms with Crippen molar-refractivity contribution < 1.29 is 16.8 Å². The molecule has 1 saturated heterocycles. The molecule has 0 atom stereocenters. The Morgan fingerprint density at radius 2 is 1.95 bits per heavy atom. The first kappa shape index (κ1) is 16.9. The largest absolute Gasteiger partial charge is 0.310 e. The molecule has 1 N–H and O–H groups in total. The molecule has 1 aromatic heterocycles. The van der Waals surface area contributed by atoms with Crippen molar-refractivity contribution in [3.8, 4) is 0 Å². The maximum atomic E-state index is 12.5. The van der Waals surface area contributed by atoms with Crippen molar-refractivity contribution in [3.63, 3.8) is 0 Å². The molecule has 1 fully saturated rings. The number of nitrogens with zero attached hydrogens (tertiary/aromatic N) is 1. The van der Waals surface area contributed by atoms with Crippen LogP contribution in [0.4, 0.5) is 0 Å². The van der Waals surface area contributed by atoms with E-state index in [1.165, 1.54) is 15.6 Å². The Hall–Kier alpha value is -0.480. The quantitative estimate of drug-likeness (QED) is 0.842. The molecule has 0 spiro atoms. The first-order chi connectivity index (χ1) is 9.71. The topological polar surface area (TPSA) is 83.6 Å². The fourth-order valence-electron chi connectivity index (χ4n) is 1.98. The van der Waals surface area contributed by atoms with Gasteiger partial charge in [-0.1, -0.05) is 13.8 Å². The van der Waals surface area contributed by atoms with Gasteiger partial charge in [0.05, 0.1) is 16.4 Å². The lowest BCUT2D eigenvalue weighted by atomic mass is 10.4. The monoisotopic (exact) mass is 352 g/mol. The molecule has 0 amide bonds. The zero-order chi connectivity index (χ0) is 15.7. The summed E-state index contributed by atoms with van der Waals surface area (Å²) in [4.78, 5) is 1.21. The van der Waals surface area contributed by atoms with E-state index in [4.69, 9.17) is 0 Å². The first-order valence-electron chi connectivity index (χ1n) is 6.72. The van der Waals surface area contributed by atoms with Gasteiger partial charge in [0.25, 0.3) is 0 Å². The van der Waals surface area contributed by atoms with E-state index in [0.29, 0.717) is 12.6 Å². The summed E-state index contributed by atoms with van der Waals surface area (Å²) in [7, 11) is -6.66. The second-order valence-electron chi connectivity index (χ2n) is 5.34. The van der Waals surface area contributed by atoms with Gasteiger partial charge in [-0.3, -0.25) is 0 Å². The molecule has 2 heterocycles. The Bertz CT molecular complexity index is 678. The van der Waals surface area contributed by atoms with Crippen molar-refractivity contribution in [3.05, 3.63) is 16.3 Å². The van der Waals surface area contributed by atoms with E-state index in [0.717, 1.165) is 4.88 Å². The predicted octanol–water partition coefficient (Wildman–Crippen LogP) is 0.665. The van der Waals surface area contributed by atoms with Crippen LogP contribution in [0.5, 0.6) is 0 Å². The Balaban J connectivity index is 2.10. The average Bonchev–Trinajstić information content (AvgIpc) is 2.85. The van der Waals surface area contributed by atoms with Gasteiger partial charge in [-0.05, 0) is 6.07 Å². The standard InChI is InChI=1S/C12H20N2O4S3/c1-10(2)13-8-11-7-12(9-19-11)21(17,18)14-3-5-20(15,16)6-4-14/h7,9-10,13H,3-6,8H2,1-2H3. The molecule has 21 heavy (non-hydrogen) atoms. The molecule has 2 rings (SSSR count). The number of nitrogens with one attached hydrogen (secondary N) is 1. The van der Waals surface area contributed by atoms with Crippen molar-refractivity contribution in [2.45, 2.75) is 31.3 Å². The van der Waals surface area contributed by atoms with Crippen molar-refractivity contribution >= 4 is 31.2 Å². The predicted molar refractivity (Wildman–Crippen MR) is 83.7 cm³/mol.